The molecule has 5 heteroatoms. The fourth-order valence-corrected chi connectivity index (χ4v) is 3.67. The predicted octanol–water partition coefficient (Wildman–Crippen LogP) is 2.25. The quantitative estimate of drug-likeness (QED) is 0.762. The van der Waals surface area contributed by atoms with E-state index in [0.717, 1.165) is 32.1 Å². The van der Waals surface area contributed by atoms with Crippen molar-refractivity contribution >= 4 is 11.8 Å². The van der Waals surface area contributed by atoms with E-state index in [9.17, 15) is 14.7 Å². The minimum atomic E-state index is -0.643. The van der Waals surface area contributed by atoms with Crippen LogP contribution in [0.15, 0.2) is 0 Å². The number of hydrogen-bond donors (Lipinski definition) is 1. The second kappa shape index (κ2) is 8.63. The fourth-order valence-electron chi connectivity index (χ4n) is 3.67. The molecule has 2 rings (SSSR count). The summed E-state index contributed by atoms with van der Waals surface area (Å²) in [5.74, 6) is -0.232. The molecule has 0 saturated heterocycles. The Hall–Kier alpha value is -0.940. The topological polar surface area (TPSA) is 72.8 Å². The summed E-state index contributed by atoms with van der Waals surface area (Å²) in [6.45, 7) is 2.02. The fraction of sp³-hybridized carbons (Fsp3) is 0.882. The number of ketones is 1. The van der Waals surface area contributed by atoms with Gasteiger partial charge in [-0.2, -0.15) is 0 Å². The van der Waals surface area contributed by atoms with E-state index in [4.69, 9.17) is 9.47 Å². The monoisotopic (exact) mass is 312 g/mol. The lowest BCUT2D eigenvalue weighted by molar-refractivity contribution is -0.154. The maximum Gasteiger partial charge on any atom is 0.332 e. The van der Waals surface area contributed by atoms with Crippen LogP contribution in [0.1, 0.15) is 58.3 Å². The van der Waals surface area contributed by atoms with Gasteiger partial charge < -0.3 is 14.6 Å². The Bertz CT molecular complexity index is 375. The second-order valence-corrected chi connectivity index (χ2v) is 6.46. The van der Waals surface area contributed by atoms with Gasteiger partial charge in [-0.1, -0.05) is 19.3 Å². The molecule has 3 atom stereocenters. The Morgan fingerprint density at radius 2 is 1.82 bits per heavy atom. The molecule has 126 valence electrons. The SMILES string of the molecule is CCOC(=O)COC1CCC(C(=O)C2CCCCC2)C(O)C1. The molecule has 0 amide bonds. The zero-order valence-corrected chi connectivity index (χ0v) is 13.5. The Morgan fingerprint density at radius 3 is 2.45 bits per heavy atom. The maximum absolute atomic E-state index is 12.5. The molecule has 2 aliphatic rings. The van der Waals surface area contributed by atoms with Crippen molar-refractivity contribution in [3.8, 4) is 0 Å². The van der Waals surface area contributed by atoms with Crippen molar-refractivity contribution in [2.75, 3.05) is 13.2 Å². The van der Waals surface area contributed by atoms with E-state index < -0.39 is 6.10 Å². The number of ether oxygens (including phenoxy) is 2. The molecule has 0 bridgehead atoms. The van der Waals surface area contributed by atoms with Gasteiger partial charge in [-0.25, -0.2) is 4.79 Å². The molecule has 3 unspecified atom stereocenters. The molecule has 0 heterocycles. The molecule has 0 radical (unpaired) electrons. The van der Waals surface area contributed by atoms with Crippen LogP contribution in [-0.2, 0) is 19.1 Å². The number of aliphatic hydroxyl groups is 1. The third-order valence-corrected chi connectivity index (χ3v) is 4.88. The normalized spacial score (nSPS) is 30.0. The number of Topliss-reactive ketones (excluding diaryl/α,β-unsaturated/α-hetero) is 1. The summed E-state index contributed by atoms with van der Waals surface area (Å²) in [6.07, 6.45) is 6.45. The van der Waals surface area contributed by atoms with E-state index in [1.54, 1.807) is 6.92 Å². The van der Waals surface area contributed by atoms with Crippen molar-refractivity contribution in [1.82, 2.24) is 0 Å². The molecule has 2 fully saturated rings. The van der Waals surface area contributed by atoms with Crippen LogP contribution in [0.5, 0.6) is 0 Å². The summed E-state index contributed by atoms with van der Waals surface area (Å²) >= 11 is 0. The van der Waals surface area contributed by atoms with Crippen LogP contribution in [0, 0.1) is 11.8 Å². The number of hydrogen-bond acceptors (Lipinski definition) is 5. The molecule has 2 saturated carbocycles. The van der Waals surface area contributed by atoms with E-state index >= 15 is 0 Å². The van der Waals surface area contributed by atoms with E-state index in [1.165, 1.54) is 6.42 Å². The lowest BCUT2D eigenvalue weighted by atomic mass is 9.74. The van der Waals surface area contributed by atoms with Gasteiger partial charge in [-0.15, -0.1) is 0 Å². The van der Waals surface area contributed by atoms with E-state index in [0.29, 0.717) is 19.4 Å². The van der Waals surface area contributed by atoms with Crippen LogP contribution in [0.25, 0.3) is 0 Å². The molecule has 0 spiro atoms. The third-order valence-electron chi connectivity index (χ3n) is 4.88. The van der Waals surface area contributed by atoms with E-state index in [1.807, 2.05) is 0 Å². The van der Waals surface area contributed by atoms with Crippen LogP contribution in [0.3, 0.4) is 0 Å². The largest absolute Gasteiger partial charge is 0.464 e. The molecule has 5 nitrogen and oxygen atoms in total. The first-order valence-electron chi connectivity index (χ1n) is 8.60. The third kappa shape index (κ3) is 4.78. The predicted molar refractivity (Wildman–Crippen MR) is 81.3 cm³/mol. The highest BCUT2D eigenvalue weighted by Gasteiger charge is 2.37. The van der Waals surface area contributed by atoms with Crippen LogP contribution < -0.4 is 0 Å². The first-order chi connectivity index (χ1) is 10.6. The number of rotatable bonds is 6. The van der Waals surface area contributed by atoms with Crippen molar-refractivity contribution in [3.63, 3.8) is 0 Å². The molecule has 1 N–H and O–H groups in total. The molecule has 22 heavy (non-hydrogen) atoms. The minimum Gasteiger partial charge on any atom is -0.464 e. The van der Waals surface area contributed by atoms with E-state index in [-0.39, 0.29) is 36.3 Å². The highest BCUT2D eigenvalue weighted by molar-refractivity contribution is 5.84. The lowest BCUT2D eigenvalue weighted by Gasteiger charge is -2.34. The summed E-state index contributed by atoms with van der Waals surface area (Å²) in [5, 5.41) is 10.3. The Morgan fingerprint density at radius 1 is 1.09 bits per heavy atom. The number of carbonyl (C=O) groups is 2. The van der Waals surface area contributed by atoms with Gasteiger partial charge in [0.1, 0.15) is 12.4 Å². The summed E-state index contributed by atoms with van der Waals surface area (Å²) < 4.78 is 10.3. The van der Waals surface area contributed by atoms with Gasteiger partial charge >= 0.3 is 5.97 Å². The number of carbonyl (C=O) groups excluding carboxylic acids is 2. The van der Waals surface area contributed by atoms with Gasteiger partial charge in [0.25, 0.3) is 0 Å². The second-order valence-electron chi connectivity index (χ2n) is 6.46. The maximum atomic E-state index is 12.5. The smallest absolute Gasteiger partial charge is 0.332 e. The van der Waals surface area contributed by atoms with Crippen molar-refractivity contribution in [3.05, 3.63) is 0 Å². The molecule has 0 aromatic rings. The van der Waals surface area contributed by atoms with Gasteiger partial charge in [0.2, 0.25) is 0 Å². The molecular formula is C17H28O5. The van der Waals surface area contributed by atoms with Crippen molar-refractivity contribution < 1.29 is 24.2 Å². The minimum absolute atomic E-state index is 0.0769. The van der Waals surface area contributed by atoms with Gasteiger partial charge in [-0.3, -0.25) is 4.79 Å². The highest BCUT2D eigenvalue weighted by atomic mass is 16.6. The van der Waals surface area contributed by atoms with Crippen LogP contribution in [0.4, 0.5) is 0 Å². The first-order valence-corrected chi connectivity index (χ1v) is 8.60. The summed E-state index contributed by atoms with van der Waals surface area (Å²) in [4.78, 5) is 23.8. The summed E-state index contributed by atoms with van der Waals surface area (Å²) in [5.41, 5.74) is 0. The van der Waals surface area contributed by atoms with Gasteiger partial charge in [-0.05, 0) is 32.6 Å². The average Bonchev–Trinajstić information content (AvgIpc) is 2.53. The average molecular weight is 312 g/mol. The Balaban J connectivity index is 1.77. The number of aliphatic hydroxyl groups excluding tert-OH is 1. The first kappa shape index (κ1) is 17.4. The zero-order valence-electron chi connectivity index (χ0n) is 13.5. The van der Waals surface area contributed by atoms with Gasteiger partial charge in [0.15, 0.2) is 0 Å². The van der Waals surface area contributed by atoms with Crippen molar-refractivity contribution in [2.45, 2.75) is 70.5 Å². The van der Waals surface area contributed by atoms with Gasteiger partial charge in [0, 0.05) is 18.3 Å². The molecule has 0 aliphatic heterocycles. The highest BCUT2D eigenvalue weighted by Crippen LogP contribution is 2.33. The van der Waals surface area contributed by atoms with Crippen molar-refractivity contribution in [2.24, 2.45) is 11.8 Å². The summed E-state index contributed by atoms with van der Waals surface area (Å²) in [7, 11) is 0. The van der Waals surface area contributed by atoms with Crippen LogP contribution >= 0.6 is 0 Å². The molecular weight excluding hydrogens is 284 g/mol. The van der Waals surface area contributed by atoms with Crippen molar-refractivity contribution in [1.29, 1.82) is 0 Å². The van der Waals surface area contributed by atoms with Crippen LogP contribution in [0.2, 0.25) is 0 Å². The molecule has 2 aliphatic carbocycles. The summed E-state index contributed by atoms with van der Waals surface area (Å²) in [6, 6.07) is 0. The van der Waals surface area contributed by atoms with E-state index in [2.05, 4.69) is 0 Å². The van der Waals surface area contributed by atoms with Crippen LogP contribution in [-0.4, -0.2) is 42.3 Å². The molecule has 0 aromatic heterocycles. The Labute approximate surface area is 132 Å². The Kier molecular flexibility index (Phi) is 6.83. The number of esters is 1. The van der Waals surface area contributed by atoms with Gasteiger partial charge in [0.05, 0.1) is 18.8 Å². The molecule has 0 aromatic carbocycles. The zero-order chi connectivity index (χ0) is 15.9. The standard InChI is InChI=1S/C17H28O5/c1-2-21-16(19)11-22-13-8-9-14(15(18)10-13)17(20)12-6-4-3-5-7-12/h12-15,18H,2-11H2,1H3. The lowest BCUT2D eigenvalue weighted by Crippen LogP contribution is -2.41.